The van der Waals surface area contributed by atoms with E-state index in [0.717, 1.165) is 23.6 Å². The van der Waals surface area contributed by atoms with Gasteiger partial charge in [0.05, 0.1) is 11.1 Å². The van der Waals surface area contributed by atoms with Crippen molar-refractivity contribution in [2.24, 2.45) is 5.41 Å². The molecule has 0 spiro atoms. The van der Waals surface area contributed by atoms with Crippen molar-refractivity contribution >= 4 is 5.97 Å². The fraction of sp³-hybridized carbons (Fsp3) is 0.636. The summed E-state index contributed by atoms with van der Waals surface area (Å²) in [6.45, 7) is 7.41. The van der Waals surface area contributed by atoms with Crippen LogP contribution in [0.15, 0.2) is 0 Å². The number of imidazole rings is 1. The van der Waals surface area contributed by atoms with Gasteiger partial charge in [-0.1, -0.05) is 6.92 Å². The van der Waals surface area contributed by atoms with Gasteiger partial charge in [0.2, 0.25) is 0 Å². The molecule has 0 bridgehead atoms. The van der Waals surface area contributed by atoms with Crippen LogP contribution in [0.1, 0.15) is 38.0 Å². The van der Waals surface area contributed by atoms with E-state index in [1.165, 1.54) is 0 Å². The molecule has 1 aromatic heterocycles. The SMILES string of the molecule is CCc1nc(CC(C)(C)C(=O)O)[nH]c1C. The third-order valence-electron chi connectivity index (χ3n) is 2.56. The minimum absolute atomic E-state index is 0.434. The van der Waals surface area contributed by atoms with Crippen LogP contribution in [-0.4, -0.2) is 21.0 Å². The third-order valence-corrected chi connectivity index (χ3v) is 2.56. The van der Waals surface area contributed by atoms with Crippen LogP contribution in [-0.2, 0) is 17.6 Å². The number of nitrogens with zero attached hydrogens (tertiary/aromatic N) is 1. The molecule has 0 fully saturated rings. The van der Waals surface area contributed by atoms with Crippen molar-refractivity contribution in [3.05, 3.63) is 17.2 Å². The minimum atomic E-state index is -0.797. The second-order valence-corrected chi connectivity index (χ2v) is 4.47. The van der Waals surface area contributed by atoms with Gasteiger partial charge < -0.3 is 10.1 Å². The first-order valence-electron chi connectivity index (χ1n) is 5.14. The predicted molar refractivity (Wildman–Crippen MR) is 57.8 cm³/mol. The van der Waals surface area contributed by atoms with Gasteiger partial charge >= 0.3 is 5.97 Å². The molecular formula is C11H18N2O2. The van der Waals surface area contributed by atoms with Crippen molar-refractivity contribution in [1.82, 2.24) is 9.97 Å². The van der Waals surface area contributed by atoms with E-state index in [4.69, 9.17) is 5.11 Å². The smallest absolute Gasteiger partial charge is 0.309 e. The lowest BCUT2D eigenvalue weighted by molar-refractivity contribution is -0.146. The topological polar surface area (TPSA) is 66.0 Å². The number of aliphatic carboxylic acids is 1. The summed E-state index contributed by atoms with van der Waals surface area (Å²) in [7, 11) is 0. The molecular weight excluding hydrogens is 192 g/mol. The Bertz CT molecular complexity index is 367. The number of H-pyrrole nitrogens is 1. The van der Waals surface area contributed by atoms with Crippen LogP contribution in [0.3, 0.4) is 0 Å². The van der Waals surface area contributed by atoms with E-state index in [-0.39, 0.29) is 0 Å². The molecule has 1 rings (SSSR count). The number of nitrogens with one attached hydrogen (secondary N) is 1. The molecule has 0 atom stereocenters. The Morgan fingerprint density at radius 2 is 2.13 bits per heavy atom. The van der Waals surface area contributed by atoms with Gasteiger partial charge in [0.15, 0.2) is 0 Å². The van der Waals surface area contributed by atoms with Crippen molar-refractivity contribution in [2.75, 3.05) is 0 Å². The molecule has 15 heavy (non-hydrogen) atoms. The molecule has 2 N–H and O–H groups in total. The molecule has 0 amide bonds. The fourth-order valence-corrected chi connectivity index (χ4v) is 1.49. The molecule has 0 saturated carbocycles. The standard InChI is InChI=1S/C11H18N2O2/c1-5-8-7(2)12-9(13-8)6-11(3,4)10(14)15/h5-6H2,1-4H3,(H,12,13)(H,14,15). The predicted octanol–water partition coefficient (Wildman–Crippen LogP) is 1.93. The van der Waals surface area contributed by atoms with E-state index in [2.05, 4.69) is 9.97 Å². The first kappa shape index (κ1) is 11.8. The molecule has 1 heterocycles. The largest absolute Gasteiger partial charge is 0.481 e. The zero-order valence-electron chi connectivity index (χ0n) is 9.72. The Morgan fingerprint density at radius 1 is 1.53 bits per heavy atom. The number of rotatable bonds is 4. The lowest BCUT2D eigenvalue weighted by Crippen LogP contribution is -2.26. The monoisotopic (exact) mass is 210 g/mol. The van der Waals surface area contributed by atoms with E-state index >= 15 is 0 Å². The number of hydrogen-bond donors (Lipinski definition) is 2. The Morgan fingerprint density at radius 3 is 2.53 bits per heavy atom. The minimum Gasteiger partial charge on any atom is -0.481 e. The van der Waals surface area contributed by atoms with Gasteiger partial charge in [-0.05, 0) is 27.2 Å². The van der Waals surface area contributed by atoms with Gasteiger partial charge in [-0.25, -0.2) is 4.98 Å². The van der Waals surface area contributed by atoms with E-state index in [1.807, 2.05) is 13.8 Å². The fourth-order valence-electron chi connectivity index (χ4n) is 1.49. The summed E-state index contributed by atoms with van der Waals surface area (Å²) in [4.78, 5) is 18.5. The van der Waals surface area contributed by atoms with E-state index in [9.17, 15) is 4.79 Å². The van der Waals surface area contributed by atoms with E-state index < -0.39 is 11.4 Å². The number of carbonyl (C=O) groups is 1. The van der Waals surface area contributed by atoms with Crippen LogP contribution in [0.4, 0.5) is 0 Å². The third kappa shape index (κ3) is 2.58. The molecule has 84 valence electrons. The van der Waals surface area contributed by atoms with Gasteiger partial charge in [0.25, 0.3) is 0 Å². The number of carboxylic acids is 1. The van der Waals surface area contributed by atoms with Crippen LogP contribution >= 0.6 is 0 Å². The summed E-state index contributed by atoms with van der Waals surface area (Å²) in [6, 6.07) is 0. The molecule has 0 aromatic carbocycles. The van der Waals surface area contributed by atoms with Crippen molar-refractivity contribution in [2.45, 2.75) is 40.5 Å². The Labute approximate surface area is 89.7 Å². The summed E-state index contributed by atoms with van der Waals surface area (Å²) in [5.74, 6) is -0.0358. The zero-order valence-corrected chi connectivity index (χ0v) is 9.72. The van der Waals surface area contributed by atoms with Gasteiger partial charge in [0.1, 0.15) is 5.82 Å². The first-order chi connectivity index (χ1) is 6.86. The van der Waals surface area contributed by atoms with Gasteiger partial charge in [-0.2, -0.15) is 0 Å². The molecule has 0 saturated heterocycles. The quantitative estimate of drug-likeness (QED) is 0.798. The second-order valence-electron chi connectivity index (χ2n) is 4.47. The number of aryl methyl sites for hydroxylation is 2. The highest BCUT2D eigenvalue weighted by atomic mass is 16.4. The molecule has 0 aliphatic heterocycles. The van der Waals surface area contributed by atoms with Gasteiger partial charge in [-0.15, -0.1) is 0 Å². The van der Waals surface area contributed by atoms with Crippen molar-refractivity contribution in [3.8, 4) is 0 Å². The Balaban J connectivity index is 2.85. The number of aromatic nitrogens is 2. The Hall–Kier alpha value is -1.32. The summed E-state index contributed by atoms with van der Waals surface area (Å²) in [6.07, 6.45) is 1.30. The number of aromatic amines is 1. The molecule has 1 aromatic rings. The molecule has 4 nitrogen and oxygen atoms in total. The highest BCUT2D eigenvalue weighted by Gasteiger charge is 2.28. The highest BCUT2D eigenvalue weighted by Crippen LogP contribution is 2.21. The Kier molecular flexibility index (Phi) is 3.17. The highest BCUT2D eigenvalue weighted by molar-refractivity contribution is 5.73. The molecule has 4 heteroatoms. The molecule has 0 aliphatic carbocycles. The first-order valence-corrected chi connectivity index (χ1v) is 5.14. The normalized spacial score (nSPS) is 11.7. The summed E-state index contributed by atoms with van der Waals surface area (Å²) in [5.41, 5.74) is 1.29. The van der Waals surface area contributed by atoms with Crippen molar-refractivity contribution in [1.29, 1.82) is 0 Å². The van der Waals surface area contributed by atoms with Crippen molar-refractivity contribution in [3.63, 3.8) is 0 Å². The molecule has 0 radical (unpaired) electrons. The maximum absolute atomic E-state index is 10.9. The van der Waals surface area contributed by atoms with Crippen LogP contribution in [0.2, 0.25) is 0 Å². The van der Waals surface area contributed by atoms with Crippen LogP contribution in [0.5, 0.6) is 0 Å². The van der Waals surface area contributed by atoms with Crippen LogP contribution in [0.25, 0.3) is 0 Å². The summed E-state index contributed by atoms with van der Waals surface area (Å²) >= 11 is 0. The molecule has 0 unspecified atom stereocenters. The lowest BCUT2D eigenvalue weighted by atomic mass is 9.89. The second kappa shape index (κ2) is 4.04. The maximum Gasteiger partial charge on any atom is 0.309 e. The van der Waals surface area contributed by atoms with E-state index in [1.54, 1.807) is 13.8 Å². The summed E-state index contributed by atoms with van der Waals surface area (Å²) in [5, 5.41) is 8.99. The summed E-state index contributed by atoms with van der Waals surface area (Å²) < 4.78 is 0. The van der Waals surface area contributed by atoms with Crippen LogP contribution < -0.4 is 0 Å². The lowest BCUT2D eigenvalue weighted by Gasteiger charge is -2.16. The number of carboxylic acid groups (broad SMARTS) is 1. The number of hydrogen-bond acceptors (Lipinski definition) is 2. The van der Waals surface area contributed by atoms with Gasteiger partial charge in [0, 0.05) is 12.1 Å². The maximum atomic E-state index is 10.9. The average molecular weight is 210 g/mol. The van der Waals surface area contributed by atoms with Gasteiger partial charge in [-0.3, -0.25) is 4.79 Å². The van der Waals surface area contributed by atoms with E-state index in [0.29, 0.717) is 6.42 Å². The average Bonchev–Trinajstić information content (AvgIpc) is 2.44. The zero-order chi connectivity index (χ0) is 11.6. The van der Waals surface area contributed by atoms with Crippen LogP contribution in [0, 0.1) is 12.3 Å². The molecule has 0 aliphatic rings. The van der Waals surface area contributed by atoms with Crippen molar-refractivity contribution < 1.29 is 9.90 Å².